The van der Waals surface area contributed by atoms with Crippen molar-refractivity contribution < 1.29 is 4.42 Å². The predicted molar refractivity (Wildman–Crippen MR) is 275 cm³/mol. The van der Waals surface area contributed by atoms with Crippen LogP contribution in [0.25, 0.3) is 116 Å². The molecule has 0 saturated heterocycles. The van der Waals surface area contributed by atoms with Crippen molar-refractivity contribution in [3.05, 3.63) is 236 Å². The van der Waals surface area contributed by atoms with Crippen molar-refractivity contribution in [3.8, 4) is 39.3 Å². The summed E-state index contributed by atoms with van der Waals surface area (Å²) in [4.78, 5) is 5.41. The molecule has 0 fully saturated rings. The average Bonchev–Trinajstić information content (AvgIpc) is 4.01. The molecule has 2 heterocycles. The first-order valence-electron chi connectivity index (χ1n) is 22.2. The monoisotopic (exact) mass is 828 g/mol. The molecule has 0 bridgehead atoms. The lowest BCUT2D eigenvalue weighted by atomic mass is 9.98. The largest absolute Gasteiger partial charge is 0.455 e. The Morgan fingerprint density at radius 1 is 0.492 bits per heavy atom. The van der Waals surface area contributed by atoms with E-state index < -0.39 is 0 Å². The lowest BCUT2D eigenvalue weighted by Gasteiger charge is -2.12. The minimum atomic E-state index is 0.862. The van der Waals surface area contributed by atoms with Gasteiger partial charge in [0.05, 0.1) is 16.7 Å². The van der Waals surface area contributed by atoms with Crippen molar-refractivity contribution >= 4 is 82.1 Å². The number of benzene rings is 10. The molecule has 0 amide bonds. The number of allylic oxidation sites excluding steroid dienone is 2. The summed E-state index contributed by atoms with van der Waals surface area (Å²) < 4.78 is 8.95. The Kier molecular flexibility index (Phi) is 8.28. The lowest BCUT2D eigenvalue weighted by molar-refractivity contribution is 0.634. The van der Waals surface area contributed by atoms with Crippen molar-refractivity contribution in [1.29, 1.82) is 0 Å². The molecule has 65 heavy (non-hydrogen) atoms. The van der Waals surface area contributed by atoms with Crippen LogP contribution in [0.2, 0.25) is 0 Å². The first kappa shape index (κ1) is 37.1. The molecule has 0 atom stereocenters. The number of nitrogens with zero attached hydrogens (tertiary/aromatic N) is 2. The highest BCUT2D eigenvalue weighted by Gasteiger charge is 2.28. The fourth-order valence-corrected chi connectivity index (χ4v) is 10.2. The van der Waals surface area contributed by atoms with Gasteiger partial charge in [-0.25, -0.2) is 0 Å². The minimum Gasteiger partial charge on any atom is -0.455 e. The average molecular weight is 829 g/mol. The Balaban J connectivity index is 0.897. The molecule has 13 rings (SSSR count). The Hall–Kier alpha value is -8.53. The molecule has 0 N–H and O–H groups in total. The van der Waals surface area contributed by atoms with Crippen molar-refractivity contribution in [3.63, 3.8) is 0 Å². The molecule has 3 heteroatoms. The Morgan fingerprint density at radius 3 is 1.92 bits per heavy atom. The van der Waals surface area contributed by atoms with Crippen molar-refractivity contribution in [2.75, 3.05) is 0 Å². The molecule has 2 aromatic heterocycles. The number of furan rings is 1. The van der Waals surface area contributed by atoms with E-state index in [1.54, 1.807) is 0 Å². The van der Waals surface area contributed by atoms with E-state index in [4.69, 9.17) is 9.41 Å². The van der Waals surface area contributed by atoms with E-state index in [9.17, 15) is 0 Å². The third kappa shape index (κ3) is 6.01. The van der Waals surface area contributed by atoms with Gasteiger partial charge < -0.3 is 8.98 Å². The Labute approximate surface area is 376 Å². The van der Waals surface area contributed by atoms with Gasteiger partial charge in [-0.2, -0.15) is 0 Å². The highest BCUT2D eigenvalue weighted by Crippen LogP contribution is 2.52. The fraction of sp³-hybridized carbons (Fsp3) is 0.0161. The van der Waals surface area contributed by atoms with Crippen molar-refractivity contribution in [2.45, 2.75) is 6.92 Å². The van der Waals surface area contributed by atoms with E-state index in [-0.39, 0.29) is 0 Å². The van der Waals surface area contributed by atoms with E-state index in [1.807, 2.05) is 0 Å². The number of hydrogen-bond acceptors (Lipinski definition) is 2. The maximum atomic E-state index is 6.57. The van der Waals surface area contributed by atoms with Crippen LogP contribution in [0.5, 0.6) is 0 Å². The summed E-state index contributed by atoms with van der Waals surface area (Å²) in [7, 11) is 0. The summed E-state index contributed by atoms with van der Waals surface area (Å²) >= 11 is 0. The number of hydrogen-bond donors (Lipinski definition) is 0. The molecule has 304 valence electrons. The summed E-state index contributed by atoms with van der Waals surface area (Å²) in [6, 6.07) is 74.1. The van der Waals surface area contributed by atoms with Gasteiger partial charge in [-0.3, -0.25) is 4.99 Å². The number of aliphatic imine (C=N–C) groups is 1. The van der Waals surface area contributed by atoms with Crippen LogP contribution in [0.4, 0.5) is 0 Å². The maximum Gasteiger partial charge on any atom is 0.143 e. The molecular weight excluding hydrogens is 789 g/mol. The van der Waals surface area contributed by atoms with Crippen LogP contribution < -0.4 is 0 Å². The molecule has 0 saturated carbocycles. The number of rotatable bonds is 7. The lowest BCUT2D eigenvalue weighted by Crippen LogP contribution is -2.00. The maximum absolute atomic E-state index is 6.57. The number of aromatic nitrogens is 1. The fourth-order valence-electron chi connectivity index (χ4n) is 10.2. The standard InChI is InChI=1S/C62H40N2O/c1-38(43-26-24-40-12-3-5-14-45(40)33-43)32-56(49-27-25-41-13-4-6-15-46(41)34-49)63-39(2)44-18-9-19-50(35-44)64-57-23-8-7-20-51(57)54-36-47(28-30-58(54)64)48-29-31-59-55(37-48)61-52-21-10-16-42-17-11-22-53(60(42)52)62(61)65-59/h3-37H,1H2,2H3/b56-32-,63-39?. The topological polar surface area (TPSA) is 30.4 Å². The van der Waals surface area contributed by atoms with E-state index in [0.717, 1.165) is 72.7 Å². The molecule has 0 radical (unpaired) electrons. The van der Waals surface area contributed by atoms with Gasteiger partial charge in [0, 0.05) is 49.6 Å². The second kappa shape index (κ2) is 14.5. The molecule has 0 unspecified atom stereocenters. The molecule has 12 aromatic rings. The zero-order valence-electron chi connectivity index (χ0n) is 35.7. The zero-order valence-corrected chi connectivity index (χ0v) is 35.7. The van der Waals surface area contributed by atoms with Gasteiger partial charge in [0.25, 0.3) is 0 Å². The van der Waals surface area contributed by atoms with Gasteiger partial charge in [0.1, 0.15) is 11.3 Å². The summed E-state index contributed by atoms with van der Waals surface area (Å²) in [5.41, 5.74) is 16.1. The molecule has 1 aliphatic carbocycles. The third-order valence-electron chi connectivity index (χ3n) is 13.4. The first-order chi connectivity index (χ1) is 32.0. The van der Waals surface area contributed by atoms with Gasteiger partial charge in [-0.15, -0.1) is 0 Å². The Bertz CT molecular complexity index is 4040. The van der Waals surface area contributed by atoms with Gasteiger partial charge in [-0.1, -0.05) is 158 Å². The quantitative estimate of drug-likeness (QED) is 0.116. The summed E-state index contributed by atoms with van der Waals surface area (Å²) in [6.07, 6.45) is 2.13. The summed E-state index contributed by atoms with van der Waals surface area (Å²) in [6.45, 7) is 6.66. The molecular formula is C62H40N2O. The Morgan fingerprint density at radius 2 is 1.12 bits per heavy atom. The van der Waals surface area contributed by atoms with E-state index >= 15 is 0 Å². The normalized spacial score (nSPS) is 12.6. The number of para-hydroxylation sites is 1. The summed E-state index contributed by atoms with van der Waals surface area (Å²) in [5.74, 6) is 0.970. The molecule has 1 aliphatic rings. The molecule has 10 aromatic carbocycles. The van der Waals surface area contributed by atoms with Crippen molar-refractivity contribution in [1.82, 2.24) is 4.57 Å². The van der Waals surface area contributed by atoms with Crippen LogP contribution in [0, 0.1) is 0 Å². The minimum absolute atomic E-state index is 0.862. The van der Waals surface area contributed by atoms with Gasteiger partial charge >= 0.3 is 0 Å². The highest BCUT2D eigenvalue weighted by atomic mass is 16.3. The molecule has 3 nitrogen and oxygen atoms in total. The van der Waals surface area contributed by atoms with Gasteiger partial charge in [0.2, 0.25) is 0 Å². The van der Waals surface area contributed by atoms with Crippen LogP contribution in [0.15, 0.2) is 228 Å². The number of fused-ring (bicyclic) bond motifs is 10. The van der Waals surface area contributed by atoms with Gasteiger partial charge in [0.15, 0.2) is 0 Å². The van der Waals surface area contributed by atoms with Crippen LogP contribution in [-0.4, -0.2) is 10.3 Å². The second-order valence-electron chi connectivity index (χ2n) is 17.2. The van der Waals surface area contributed by atoms with E-state index in [0.29, 0.717) is 0 Å². The van der Waals surface area contributed by atoms with Crippen molar-refractivity contribution in [2.24, 2.45) is 4.99 Å². The highest BCUT2D eigenvalue weighted by molar-refractivity contribution is 6.20. The second-order valence-corrected chi connectivity index (χ2v) is 17.2. The molecule has 0 aliphatic heterocycles. The smallest absolute Gasteiger partial charge is 0.143 e. The predicted octanol–water partition coefficient (Wildman–Crippen LogP) is 16.9. The van der Waals surface area contributed by atoms with E-state index in [1.165, 1.54) is 65.3 Å². The van der Waals surface area contributed by atoms with Crippen LogP contribution in [-0.2, 0) is 0 Å². The van der Waals surface area contributed by atoms with Gasteiger partial charge in [-0.05, 0) is 128 Å². The van der Waals surface area contributed by atoms with Crippen LogP contribution in [0.3, 0.4) is 0 Å². The zero-order chi connectivity index (χ0) is 43.2. The first-order valence-corrected chi connectivity index (χ1v) is 22.2. The third-order valence-corrected chi connectivity index (χ3v) is 13.4. The molecule has 0 spiro atoms. The van der Waals surface area contributed by atoms with E-state index in [2.05, 4.69) is 230 Å². The summed E-state index contributed by atoms with van der Waals surface area (Å²) in [5, 5.41) is 10.8. The van der Waals surface area contributed by atoms with Crippen LogP contribution in [0.1, 0.15) is 23.6 Å². The SMILES string of the molecule is C=C(/C=C(\N=C(C)c1cccc(-n2c3ccccc3c3cc(-c4ccc5oc6c(c5c4)-c4cccc5cccc-6c45)ccc32)c1)c1ccc2ccccc2c1)c1ccc2ccccc2c1. The van der Waals surface area contributed by atoms with Crippen LogP contribution >= 0.6 is 0 Å².